The third-order valence-corrected chi connectivity index (χ3v) is 4.57. The highest BCUT2D eigenvalue weighted by Gasteiger charge is 2.44. The summed E-state index contributed by atoms with van der Waals surface area (Å²) < 4.78 is 0. The molecular weight excluding hydrogens is 244 g/mol. The Bertz CT molecular complexity index is 372. The highest BCUT2D eigenvalue weighted by molar-refractivity contribution is 5.86. The number of carboxylic acids is 1. The van der Waals surface area contributed by atoms with E-state index < -0.39 is 11.5 Å². The van der Waals surface area contributed by atoms with Gasteiger partial charge in [-0.25, -0.2) is 9.59 Å². The number of urea groups is 1. The van der Waals surface area contributed by atoms with Gasteiger partial charge in [-0.3, -0.25) is 0 Å². The second-order valence-corrected chi connectivity index (χ2v) is 6.20. The van der Waals surface area contributed by atoms with Gasteiger partial charge in [0.25, 0.3) is 0 Å². The van der Waals surface area contributed by atoms with Gasteiger partial charge in [-0.1, -0.05) is 19.8 Å². The van der Waals surface area contributed by atoms with Crippen molar-refractivity contribution >= 4 is 12.0 Å². The van der Waals surface area contributed by atoms with Crippen LogP contribution in [-0.2, 0) is 4.79 Å². The Morgan fingerprint density at radius 3 is 2.53 bits per heavy atom. The molecular formula is C14H24N2O3. The van der Waals surface area contributed by atoms with Crippen LogP contribution >= 0.6 is 0 Å². The number of nitrogens with one attached hydrogen (secondary N) is 1. The minimum absolute atomic E-state index is 0.207. The molecule has 0 aromatic rings. The molecule has 5 nitrogen and oxygen atoms in total. The first-order valence-electron chi connectivity index (χ1n) is 7.27. The minimum atomic E-state index is -1.06. The molecule has 2 amide bonds. The lowest BCUT2D eigenvalue weighted by atomic mass is 9.76. The van der Waals surface area contributed by atoms with Gasteiger partial charge in [0.05, 0.1) is 0 Å². The van der Waals surface area contributed by atoms with E-state index >= 15 is 0 Å². The normalized spacial score (nSPS) is 35.2. The Morgan fingerprint density at radius 2 is 2.00 bits per heavy atom. The van der Waals surface area contributed by atoms with Gasteiger partial charge in [0.2, 0.25) is 0 Å². The summed E-state index contributed by atoms with van der Waals surface area (Å²) in [6, 6.07) is 0.00774. The van der Waals surface area contributed by atoms with Crippen LogP contribution in [0.3, 0.4) is 0 Å². The maximum Gasteiger partial charge on any atom is 0.329 e. The second kappa shape index (κ2) is 5.39. The van der Waals surface area contributed by atoms with Crippen LogP contribution in [-0.4, -0.2) is 40.1 Å². The van der Waals surface area contributed by atoms with E-state index in [2.05, 4.69) is 12.2 Å². The number of amides is 2. The SMILES string of the molecule is CC1CCCC(NC(=O)N2CCCC2C)(C(=O)O)C1. The number of rotatable bonds is 2. The van der Waals surface area contributed by atoms with Crippen molar-refractivity contribution in [3.63, 3.8) is 0 Å². The fraction of sp³-hybridized carbons (Fsp3) is 0.857. The van der Waals surface area contributed by atoms with Crippen LogP contribution < -0.4 is 5.32 Å². The van der Waals surface area contributed by atoms with Gasteiger partial charge in [-0.15, -0.1) is 0 Å². The summed E-state index contributed by atoms with van der Waals surface area (Å²) in [6.07, 6.45) is 5.00. The lowest BCUT2D eigenvalue weighted by Gasteiger charge is -2.38. The zero-order chi connectivity index (χ0) is 14.0. The Balaban J connectivity index is 2.08. The molecule has 0 bridgehead atoms. The van der Waals surface area contributed by atoms with Crippen LogP contribution in [0.5, 0.6) is 0 Å². The van der Waals surface area contributed by atoms with Gasteiger partial charge < -0.3 is 15.3 Å². The number of carboxylic acid groups (broad SMARTS) is 1. The molecule has 2 aliphatic rings. The van der Waals surface area contributed by atoms with Crippen molar-refractivity contribution < 1.29 is 14.7 Å². The predicted octanol–water partition coefficient (Wildman–Crippen LogP) is 2.21. The van der Waals surface area contributed by atoms with E-state index in [-0.39, 0.29) is 12.1 Å². The van der Waals surface area contributed by atoms with E-state index in [0.29, 0.717) is 18.8 Å². The number of likely N-dealkylation sites (tertiary alicyclic amines) is 1. The minimum Gasteiger partial charge on any atom is -0.480 e. The summed E-state index contributed by atoms with van der Waals surface area (Å²) >= 11 is 0. The summed E-state index contributed by atoms with van der Waals surface area (Å²) in [5.74, 6) is -0.541. The van der Waals surface area contributed by atoms with Gasteiger partial charge in [-0.05, 0) is 38.5 Å². The summed E-state index contributed by atoms with van der Waals surface area (Å²) in [5.41, 5.74) is -1.06. The van der Waals surface area contributed by atoms with E-state index in [4.69, 9.17) is 0 Å². The quantitative estimate of drug-likeness (QED) is 0.806. The van der Waals surface area contributed by atoms with Crippen LogP contribution in [0.2, 0.25) is 0 Å². The van der Waals surface area contributed by atoms with Crippen LogP contribution in [0, 0.1) is 5.92 Å². The van der Waals surface area contributed by atoms with Crippen molar-refractivity contribution in [3.8, 4) is 0 Å². The first kappa shape index (κ1) is 14.2. The molecule has 1 saturated carbocycles. The smallest absolute Gasteiger partial charge is 0.329 e. The standard InChI is InChI=1S/C14H24N2O3/c1-10-5-3-7-14(9-10,12(17)18)15-13(19)16-8-4-6-11(16)2/h10-11H,3-9H2,1-2H3,(H,15,19)(H,17,18). The second-order valence-electron chi connectivity index (χ2n) is 6.20. The van der Waals surface area contributed by atoms with Gasteiger partial charge >= 0.3 is 12.0 Å². The lowest BCUT2D eigenvalue weighted by molar-refractivity contribution is -0.146. The zero-order valence-corrected chi connectivity index (χ0v) is 11.8. The molecule has 1 aliphatic carbocycles. The first-order valence-corrected chi connectivity index (χ1v) is 7.27. The van der Waals surface area contributed by atoms with Crippen molar-refractivity contribution in [2.24, 2.45) is 5.92 Å². The van der Waals surface area contributed by atoms with Crippen molar-refractivity contribution in [1.29, 1.82) is 0 Å². The summed E-state index contributed by atoms with van der Waals surface area (Å²) in [5, 5.41) is 12.4. The summed E-state index contributed by atoms with van der Waals surface area (Å²) in [7, 11) is 0. The van der Waals surface area contributed by atoms with E-state index in [0.717, 1.165) is 32.2 Å². The fourth-order valence-corrected chi connectivity index (χ4v) is 3.42. The Morgan fingerprint density at radius 1 is 1.26 bits per heavy atom. The number of carbonyl (C=O) groups is 2. The van der Waals surface area contributed by atoms with E-state index in [9.17, 15) is 14.7 Å². The predicted molar refractivity (Wildman–Crippen MR) is 71.9 cm³/mol. The van der Waals surface area contributed by atoms with Gasteiger partial charge in [0.1, 0.15) is 5.54 Å². The molecule has 1 saturated heterocycles. The van der Waals surface area contributed by atoms with E-state index in [1.807, 2.05) is 6.92 Å². The molecule has 2 rings (SSSR count). The molecule has 2 N–H and O–H groups in total. The molecule has 1 heterocycles. The van der Waals surface area contributed by atoms with Crippen molar-refractivity contribution in [2.45, 2.75) is 64.0 Å². The fourth-order valence-electron chi connectivity index (χ4n) is 3.42. The molecule has 1 aliphatic heterocycles. The molecule has 5 heteroatoms. The maximum atomic E-state index is 12.3. The monoisotopic (exact) mass is 268 g/mol. The van der Waals surface area contributed by atoms with Crippen molar-refractivity contribution in [2.75, 3.05) is 6.54 Å². The molecule has 2 fully saturated rings. The molecule has 19 heavy (non-hydrogen) atoms. The molecule has 3 unspecified atom stereocenters. The molecule has 3 atom stereocenters. The Kier molecular flexibility index (Phi) is 4.02. The van der Waals surface area contributed by atoms with Gasteiger partial charge in [0, 0.05) is 12.6 Å². The number of hydrogen-bond donors (Lipinski definition) is 2. The molecule has 0 radical (unpaired) electrons. The number of carbonyl (C=O) groups excluding carboxylic acids is 1. The first-order chi connectivity index (χ1) is 8.94. The van der Waals surface area contributed by atoms with Crippen molar-refractivity contribution in [3.05, 3.63) is 0 Å². The topological polar surface area (TPSA) is 69.6 Å². The number of nitrogens with zero attached hydrogens (tertiary/aromatic N) is 1. The maximum absolute atomic E-state index is 12.3. The highest BCUT2D eigenvalue weighted by atomic mass is 16.4. The van der Waals surface area contributed by atoms with Gasteiger partial charge in [-0.2, -0.15) is 0 Å². The Hall–Kier alpha value is -1.26. The molecule has 108 valence electrons. The highest BCUT2D eigenvalue weighted by Crippen LogP contribution is 2.33. The lowest BCUT2D eigenvalue weighted by Crippen LogP contribution is -2.60. The Labute approximate surface area is 114 Å². The third kappa shape index (κ3) is 2.85. The third-order valence-electron chi connectivity index (χ3n) is 4.57. The molecule has 0 aromatic heterocycles. The average molecular weight is 268 g/mol. The summed E-state index contributed by atoms with van der Waals surface area (Å²) in [6.45, 7) is 4.81. The van der Waals surface area contributed by atoms with Crippen LogP contribution in [0.1, 0.15) is 52.4 Å². The van der Waals surface area contributed by atoms with Crippen LogP contribution in [0.4, 0.5) is 4.79 Å². The van der Waals surface area contributed by atoms with Gasteiger partial charge in [0.15, 0.2) is 0 Å². The largest absolute Gasteiger partial charge is 0.480 e. The van der Waals surface area contributed by atoms with Crippen LogP contribution in [0.15, 0.2) is 0 Å². The van der Waals surface area contributed by atoms with Crippen molar-refractivity contribution in [1.82, 2.24) is 10.2 Å². The zero-order valence-electron chi connectivity index (χ0n) is 11.8. The summed E-state index contributed by atoms with van der Waals surface area (Å²) in [4.78, 5) is 25.7. The van der Waals surface area contributed by atoms with Crippen LogP contribution in [0.25, 0.3) is 0 Å². The average Bonchev–Trinajstić information content (AvgIpc) is 2.75. The molecule has 0 spiro atoms. The van der Waals surface area contributed by atoms with E-state index in [1.54, 1.807) is 4.90 Å². The van der Waals surface area contributed by atoms with E-state index in [1.165, 1.54) is 0 Å². The molecule has 0 aromatic carbocycles. The number of hydrogen-bond acceptors (Lipinski definition) is 2. The number of aliphatic carboxylic acids is 1.